The average Bonchev–Trinajstić information content (AvgIpc) is 3.20. The second kappa shape index (κ2) is 7.94. The molecule has 0 unspecified atom stereocenters. The predicted octanol–water partition coefficient (Wildman–Crippen LogP) is 0.790. The summed E-state index contributed by atoms with van der Waals surface area (Å²) in [6.07, 6.45) is 3.50. The Morgan fingerprint density at radius 3 is 2.76 bits per heavy atom. The molecule has 132 valence electrons. The van der Waals surface area contributed by atoms with Gasteiger partial charge in [-0.15, -0.1) is 0 Å². The van der Waals surface area contributed by atoms with Crippen LogP contribution in [0.2, 0.25) is 0 Å². The summed E-state index contributed by atoms with van der Waals surface area (Å²) in [5, 5.41) is 2.70. The van der Waals surface area contributed by atoms with Crippen LogP contribution in [0.15, 0.2) is 47.3 Å². The lowest BCUT2D eigenvalue weighted by Gasteiger charge is -2.40. The summed E-state index contributed by atoms with van der Waals surface area (Å²) in [6.45, 7) is 2.31. The van der Waals surface area contributed by atoms with Gasteiger partial charge in [-0.1, -0.05) is 30.3 Å². The molecule has 2 aromatic rings. The second-order valence-electron chi connectivity index (χ2n) is 6.02. The maximum absolute atomic E-state index is 12.4. The van der Waals surface area contributed by atoms with Gasteiger partial charge in [0.05, 0.1) is 6.20 Å². The van der Waals surface area contributed by atoms with Gasteiger partial charge in [-0.3, -0.25) is 14.5 Å². The van der Waals surface area contributed by atoms with E-state index in [4.69, 9.17) is 4.42 Å². The number of rotatable bonds is 5. The van der Waals surface area contributed by atoms with E-state index in [0.29, 0.717) is 19.6 Å². The van der Waals surface area contributed by atoms with Gasteiger partial charge in [-0.25, -0.2) is 4.98 Å². The Labute approximate surface area is 146 Å². The van der Waals surface area contributed by atoms with Gasteiger partial charge in [0.25, 0.3) is 5.91 Å². The SMILES string of the molecule is CNC(=O)[C@H]1CN(C(=O)c2cnco2)CCN1CCc1ccccc1. The van der Waals surface area contributed by atoms with Crippen LogP contribution in [0.1, 0.15) is 16.1 Å². The Balaban J connectivity index is 1.66. The van der Waals surface area contributed by atoms with Crippen LogP contribution in [0.3, 0.4) is 0 Å². The summed E-state index contributed by atoms with van der Waals surface area (Å²) >= 11 is 0. The predicted molar refractivity (Wildman–Crippen MR) is 92.0 cm³/mol. The summed E-state index contributed by atoms with van der Waals surface area (Å²) in [5.41, 5.74) is 1.23. The minimum atomic E-state index is -0.366. The van der Waals surface area contributed by atoms with E-state index in [-0.39, 0.29) is 23.6 Å². The van der Waals surface area contributed by atoms with E-state index in [1.54, 1.807) is 11.9 Å². The number of nitrogens with one attached hydrogen (secondary N) is 1. The van der Waals surface area contributed by atoms with Gasteiger partial charge in [0, 0.05) is 33.2 Å². The zero-order valence-corrected chi connectivity index (χ0v) is 14.2. The molecular weight excluding hydrogens is 320 g/mol. The van der Waals surface area contributed by atoms with Crippen LogP contribution in [0.5, 0.6) is 0 Å². The molecule has 7 nitrogen and oxygen atoms in total. The van der Waals surface area contributed by atoms with Crippen molar-refractivity contribution in [3.05, 3.63) is 54.2 Å². The number of nitrogens with zero attached hydrogens (tertiary/aromatic N) is 3. The molecule has 0 aliphatic carbocycles. The van der Waals surface area contributed by atoms with Crippen LogP contribution in [0.4, 0.5) is 0 Å². The van der Waals surface area contributed by atoms with Crippen molar-refractivity contribution in [1.82, 2.24) is 20.1 Å². The highest BCUT2D eigenvalue weighted by Crippen LogP contribution is 2.15. The van der Waals surface area contributed by atoms with Gasteiger partial charge in [-0.05, 0) is 12.0 Å². The van der Waals surface area contributed by atoms with Gasteiger partial charge >= 0.3 is 0 Å². The second-order valence-corrected chi connectivity index (χ2v) is 6.02. The Bertz CT molecular complexity index is 702. The standard InChI is InChI=1S/C18H22N4O3/c1-19-17(23)15-12-22(18(24)16-11-20-13-25-16)10-9-21(15)8-7-14-5-3-2-4-6-14/h2-6,11,13,15H,7-10,12H2,1H3,(H,19,23)/t15-/m1/s1. The molecule has 2 heterocycles. The number of amides is 2. The first kappa shape index (κ1) is 17.2. The number of benzene rings is 1. The Morgan fingerprint density at radius 1 is 1.28 bits per heavy atom. The smallest absolute Gasteiger partial charge is 0.291 e. The van der Waals surface area contributed by atoms with E-state index in [9.17, 15) is 9.59 Å². The third-order valence-corrected chi connectivity index (χ3v) is 4.50. The topological polar surface area (TPSA) is 78.7 Å². The van der Waals surface area contributed by atoms with E-state index in [1.807, 2.05) is 18.2 Å². The minimum Gasteiger partial charge on any atom is -0.438 e. The number of hydrogen-bond acceptors (Lipinski definition) is 5. The van der Waals surface area contributed by atoms with Gasteiger partial charge in [-0.2, -0.15) is 0 Å². The van der Waals surface area contributed by atoms with Crippen LogP contribution in [-0.2, 0) is 11.2 Å². The lowest BCUT2D eigenvalue weighted by atomic mass is 10.1. The number of carbonyl (C=O) groups is 2. The van der Waals surface area contributed by atoms with Crippen molar-refractivity contribution in [2.75, 3.05) is 33.2 Å². The quantitative estimate of drug-likeness (QED) is 0.869. The monoisotopic (exact) mass is 342 g/mol. The molecule has 7 heteroatoms. The molecule has 2 amide bonds. The van der Waals surface area contributed by atoms with E-state index in [2.05, 4.69) is 27.3 Å². The normalized spacial score (nSPS) is 18.1. The Morgan fingerprint density at radius 2 is 2.08 bits per heavy atom. The van der Waals surface area contributed by atoms with Gasteiger partial charge in [0.2, 0.25) is 11.7 Å². The van der Waals surface area contributed by atoms with E-state index < -0.39 is 0 Å². The van der Waals surface area contributed by atoms with E-state index >= 15 is 0 Å². The zero-order chi connectivity index (χ0) is 17.6. The molecular formula is C18H22N4O3. The van der Waals surface area contributed by atoms with Gasteiger partial charge < -0.3 is 14.6 Å². The van der Waals surface area contributed by atoms with Crippen molar-refractivity contribution in [3.8, 4) is 0 Å². The molecule has 25 heavy (non-hydrogen) atoms. The fourth-order valence-electron chi connectivity index (χ4n) is 3.08. The fourth-order valence-corrected chi connectivity index (χ4v) is 3.08. The molecule has 3 rings (SSSR count). The summed E-state index contributed by atoms with van der Waals surface area (Å²) in [6, 6.07) is 9.82. The molecule has 0 saturated carbocycles. The Hall–Kier alpha value is -2.67. The third kappa shape index (κ3) is 4.06. The molecule has 1 fully saturated rings. The molecule has 0 spiro atoms. The molecule has 1 aliphatic rings. The number of hydrogen-bond donors (Lipinski definition) is 1. The number of piperazine rings is 1. The van der Waals surface area contributed by atoms with Crippen molar-refractivity contribution in [1.29, 1.82) is 0 Å². The van der Waals surface area contributed by atoms with E-state index in [1.165, 1.54) is 18.2 Å². The number of aromatic nitrogens is 1. The summed E-state index contributed by atoms with van der Waals surface area (Å²) < 4.78 is 5.09. The first-order chi connectivity index (χ1) is 12.2. The van der Waals surface area contributed by atoms with Crippen LogP contribution in [0.25, 0.3) is 0 Å². The maximum Gasteiger partial charge on any atom is 0.291 e. The third-order valence-electron chi connectivity index (χ3n) is 4.50. The molecule has 1 aromatic heterocycles. The molecule has 0 bridgehead atoms. The average molecular weight is 342 g/mol. The summed E-state index contributed by atoms with van der Waals surface area (Å²) in [7, 11) is 1.62. The zero-order valence-electron chi connectivity index (χ0n) is 14.2. The van der Waals surface area contributed by atoms with Crippen molar-refractivity contribution >= 4 is 11.8 Å². The first-order valence-corrected chi connectivity index (χ1v) is 8.36. The van der Waals surface area contributed by atoms with Gasteiger partial charge in [0.15, 0.2) is 6.39 Å². The molecule has 1 atom stereocenters. The highest BCUT2D eigenvalue weighted by atomic mass is 16.3. The van der Waals surface area contributed by atoms with Crippen molar-refractivity contribution in [3.63, 3.8) is 0 Å². The fraction of sp³-hybridized carbons (Fsp3) is 0.389. The van der Waals surface area contributed by atoms with Crippen molar-refractivity contribution in [2.24, 2.45) is 0 Å². The van der Waals surface area contributed by atoms with Crippen molar-refractivity contribution < 1.29 is 14.0 Å². The summed E-state index contributed by atoms with van der Waals surface area (Å²) in [4.78, 5) is 32.3. The maximum atomic E-state index is 12.4. The lowest BCUT2D eigenvalue weighted by Crippen LogP contribution is -2.60. The molecule has 1 saturated heterocycles. The molecule has 1 N–H and O–H groups in total. The van der Waals surface area contributed by atoms with Crippen LogP contribution in [0, 0.1) is 0 Å². The molecule has 1 aliphatic heterocycles. The number of likely N-dealkylation sites (N-methyl/N-ethyl adjacent to an activating group) is 1. The summed E-state index contributed by atoms with van der Waals surface area (Å²) in [5.74, 6) is -0.106. The van der Waals surface area contributed by atoms with Crippen LogP contribution in [-0.4, -0.2) is 65.9 Å². The van der Waals surface area contributed by atoms with Gasteiger partial charge in [0.1, 0.15) is 6.04 Å². The number of oxazole rings is 1. The first-order valence-electron chi connectivity index (χ1n) is 8.36. The minimum absolute atomic E-state index is 0.0804. The largest absolute Gasteiger partial charge is 0.438 e. The Kier molecular flexibility index (Phi) is 5.45. The highest BCUT2D eigenvalue weighted by Gasteiger charge is 2.34. The highest BCUT2D eigenvalue weighted by molar-refractivity contribution is 5.92. The van der Waals surface area contributed by atoms with Crippen LogP contribution >= 0.6 is 0 Å². The van der Waals surface area contributed by atoms with E-state index in [0.717, 1.165) is 13.0 Å². The lowest BCUT2D eigenvalue weighted by molar-refractivity contribution is -0.127. The van der Waals surface area contributed by atoms with Crippen LogP contribution < -0.4 is 5.32 Å². The molecule has 0 radical (unpaired) electrons. The molecule has 1 aromatic carbocycles. The van der Waals surface area contributed by atoms with Crippen molar-refractivity contribution in [2.45, 2.75) is 12.5 Å². The number of carbonyl (C=O) groups excluding carboxylic acids is 2.